The van der Waals surface area contributed by atoms with Crippen LogP contribution in [0.5, 0.6) is 5.75 Å². The molecule has 1 aliphatic rings. The molecule has 1 aromatic carbocycles. The lowest BCUT2D eigenvalue weighted by Crippen LogP contribution is -2.35. The number of hydrogen-bond donors (Lipinski definition) is 1. The first-order valence-electron chi connectivity index (χ1n) is 6.19. The first kappa shape index (κ1) is 12.2. The zero-order valence-electron chi connectivity index (χ0n) is 11.0. The SMILES string of the molecule is COc1ccccc1N(C)CC1(C)CCNC1. The summed E-state index contributed by atoms with van der Waals surface area (Å²) in [5.74, 6) is 0.949. The summed E-state index contributed by atoms with van der Waals surface area (Å²) in [4.78, 5) is 2.30. The number of para-hydroxylation sites is 2. The highest BCUT2D eigenvalue weighted by molar-refractivity contribution is 5.58. The molecule has 1 saturated heterocycles. The summed E-state index contributed by atoms with van der Waals surface area (Å²) in [6.45, 7) is 5.64. The minimum Gasteiger partial charge on any atom is -0.495 e. The van der Waals surface area contributed by atoms with E-state index in [1.807, 2.05) is 12.1 Å². The molecule has 94 valence electrons. The van der Waals surface area contributed by atoms with Crippen molar-refractivity contribution in [1.82, 2.24) is 5.32 Å². The van der Waals surface area contributed by atoms with Gasteiger partial charge in [-0.15, -0.1) is 0 Å². The van der Waals surface area contributed by atoms with Crippen molar-refractivity contribution >= 4 is 5.69 Å². The third kappa shape index (κ3) is 2.72. The molecular formula is C14H22N2O. The van der Waals surface area contributed by atoms with Gasteiger partial charge in [0, 0.05) is 20.1 Å². The molecular weight excluding hydrogens is 212 g/mol. The van der Waals surface area contributed by atoms with Gasteiger partial charge in [0.1, 0.15) is 5.75 Å². The fraction of sp³-hybridized carbons (Fsp3) is 0.571. The molecule has 1 atom stereocenters. The average Bonchev–Trinajstić information content (AvgIpc) is 2.75. The summed E-state index contributed by atoms with van der Waals surface area (Å²) in [7, 11) is 3.87. The van der Waals surface area contributed by atoms with Crippen LogP contribution in [0.1, 0.15) is 13.3 Å². The van der Waals surface area contributed by atoms with Gasteiger partial charge in [0.05, 0.1) is 12.8 Å². The van der Waals surface area contributed by atoms with E-state index < -0.39 is 0 Å². The first-order chi connectivity index (χ1) is 8.14. The number of methoxy groups -OCH3 is 1. The van der Waals surface area contributed by atoms with Gasteiger partial charge in [-0.3, -0.25) is 0 Å². The minimum atomic E-state index is 0.371. The van der Waals surface area contributed by atoms with Crippen molar-refractivity contribution in [3.8, 4) is 5.75 Å². The summed E-state index contributed by atoms with van der Waals surface area (Å²) in [6, 6.07) is 8.20. The Bertz CT molecular complexity index is 372. The number of nitrogens with one attached hydrogen (secondary N) is 1. The monoisotopic (exact) mass is 234 g/mol. The number of anilines is 1. The molecule has 0 spiro atoms. The molecule has 17 heavy (non-hydrogen) atoms. The fourth-order valence-corrected chi connectivity index (χ4v) is 2.61. The summed E-state index contributed by atoms with van der Waals surface area (Å²) in [5.41, 5.74) is 1.54. The molecule has 0 radical (unpaired) electrons. The maximum absolute atomic E-state index is 5.41. The molecule has 1 fully saturated rings. The normalized spacial score (nSPS) is 23.7. The van der Waals surface area contributed by atoms with Crippen LogP contribution >= 0.6 is 0 Å². The van der Waals surface area contributed by atoms with E-state index in [0.29, 0.717) is 5.41 Å². The molecule has 0 bridgehead atoms. The molecule has 0 saturated carbocycles. The fourth-order valence-electron chi connectivity index (χ4n) is 2.61. The van der Waals surface area contributed by atoms with Crippen molar-refractivity contribution in [3.63, 3.8) is 0 Å². The van der Waals surface area contributed by atoms with E-state index in [-0.39, 0.29) is 0 Å². The number of rotatable bonds is 4. The quantitative estimate of drug-likeness (QED) is 0.863. The van der Waals surface area contributed by atoms with Crippen LogP contribution in [0.3, 0.4) is 0 Å². The molecule has 1 heterocycles. The molecule has 1 aromatic rings. The third-order valence-corrected chi connectivity index (χ3v) is 3.57. The van der Waals surface area contributed by atoms with Gasteiger partial charge in [-0.25, -0.2) is 0 Å². The van der Waals surface area contributed by atoms with Gasteiger partial charge < -0.3 is 15.0 Å². The highest BCUT2D eigenvalue weighted by atomic mass is 16.5. The van der Waals surface area contributed by atoms with E-state index in [9.17, 15) is 0 Å². The molecule has 3 nitrogen and oxygen atoms in total. The number of ether oxygens (including phenoxy) is 1. The largest absolute Gasteiger partial charge is 0.495 e. The van der Waals surface area contributed by atoms with E-state index in [4.69, 9.17) is 4.74 Å². The average molecular weight is 234 g/mol. The molecule has 1 aliphatic heterocycles. The molecule has 1 N–H and O–H groups in total. The maximum atomic E-state index is 5.41. The lowest BCUT2D eigenvalue weighted by Gasteiger charge is -2.31. The molecule has 2 rings (SSSR count). The van der Waals surface area contributed by atoms with Crippen molar-refractivity contribution in [2.45, 2.75) is 13.3 Å². The summed E-state index contributed by atoms with van der Waals surface area (Å²) in [5, 5.41) is 3.44. The van der Waals surface area contributed by atoms with Crippen LogP contribution in [0.4, 0.5) is 5.69 Å². The van der Waals surface area contributed by atoms with E-state index in [2.05, 4.69) is 36.3 Å². The van der Waals surface area contributed by atoms with Crippen LogP contribution in [0.2, 0.25) is 0 Å². The van der Waals surface area contributed by atoms with Crippen LogP contribution in [0, 0.1) is 5.41 Å². The van der Waals surface area contributed by atoms with Crippen molar-refractivity contribution in [3.05, 3.63) is 24.3 Å². The van der Waals surface area contributed by atoms with Gasteiger partial charge in [-0.1, -0.05) is 19.1 Å². The Morgan fingerprint density at radius 3 is 2.82 bits per heavy atom. The molecule has 0 aliphatic carbocycles. The summed E-state index contributed by atoms with van der Waals surface area (Å²) in [6.07, 6.45) is 1.24. The first-order valence-corrected chi connectivity index (χ1v) is 6.19. The van der Waals surface area contributed by atoms with E-state index in [0.717, 1.165) is 25.4 Å². The lowest BCUT2D eigenvalue weighted by molar-refractivity contribution is 0.367. The van der Waals surface area contributed by atoms with E-state index in [1.165, 1.54) is 12.1 Å². The Labute approximate surface area is 104 Å². The van der Waals surface area contributed by atoms with Crippen molar-refractivity contribution < 1.29 is 4.74 Å². The van der Waals surface area contributed by atoms with Gasteiger partial charge in [-0.05, 0) is 30.5 Å². The van der Waals surface area contributed by atoms with Crippen LogP contribution in [0.15, 0.2) is 24.3 Å². The van der Waals surface area contributed by atoms with Crippen molar-refractivity contribution in [2.24, 2.45) is 5.41 Å². The van der Waals surface area contributed by atoms with Gasteiger partial charge in [0.2, 0.25) is 0 Å². The topological polar surface area (TPSA) is 24.5 Å². The highest BCUT2D eigenvalue weighted by Gasteiger charge is 2.30. The zero-order valence-corrected chi connectivity index (χ0v) is 11.0. The Hall–Kier alpha value is -1.22. The molecule has 0 aromatic heterocycles. The van der Waals surface area contributed by atoms with Crippen molar-refractivity contribution in [2.75, 3.05) is 38.7 Å². The number of hydrogen-bond acceptors (Lipinski definition) is 3. The maximum Gasteiger partial charge on any atom is 0.142 e. The second-order valence-corrected chi connectivity index (χ2v) is 5.27. The Morgan fingerprint density at radius 1 is 1.41 bits per heavy atom. The Kier molecular flexibility index (Phi) is 3.57. The minimum absolute atomic E-state index is 0.371. The summed E-state index contributed by atoms with van der Waals surface area (Å²) >= 11 is 0. The van der Waals surface area contributed by atoms with Gasteiger partial charge in [0.15, 0.2) is 0 Å². The standard InChI is InChI=1S/C14H22N2O/c1-14(8-9-15-10-14)11-16(2)12-6-4-5-7-13(12)17-3/h4-7,15H,8-11H2,1-3H3. The smallest absolute Gasteiger partial charge is 0.142 e. The van der Waals surface area contributed by atoms with Crippen LogP contribution in [0.25, 0.3) is 0 Å². The second-order valence-electron chi connectivity index (χ2n) is 5.27. The molecule has 1 unspecified atom stereocenters. The number of benzene rings is 1. The van der Waals surface area contributed by atoms with Crippen LogP contribution in [-0.2, 0) is 0 Å². The van der Waals surface area contributed by atoms with E-state index >= 15 is 0 Å². The number of nitrogens with zero attached hydrogens (tertiary/aromatic N) is 1. The summed E-state index contributed by atoms with van der Waals surface area (Å²) < 4.78 is 5.41. The highest BCUT2D eigenvalue weighted by Crippen LogP contribution is 2.31. The van der Waals surface area contributed by atoms with Crippen LogP contribution in [-0.4, -0.2) is 33.8 Å². The molecule has 0 amide bonds. The molecule has 3 heteroatoms. The Morgan fingerprint density at radius 2 is 2.18 bits per heavy atom. The second kappa shape index (κ2) is 4.96. The van der Waals surface area contributed by atoms with Gasteiger partial charge >= 0.3 is 0 Å². The zero-order chi connectivity index (χ0) is 12.3. The lowest BCUT2D eigenvalue weighted by atomic mass is 9.89. The van der Waals surface area contributed by atoms with E-state index in [1.54, 1.807) is 7.11 Å². The predicted molar refractivity (Wildman–Crippen MR) is 71.9 cm³/mol. The van der Waals surface area contributed by atoms with Gasteiger partial charge in [-0.2, -0.15) is 0 Å². The van der Waals surface area contributed by atoms with Gasteiger partial charge in [0.25, 0.3) is 0 Å². The van der Waals surface area contributed by atoms with Crippen LogP contribution < -0.4 is 15.0 Å². The predicted octanol–water partition coefficient (Wildman–Crippen LogP) is 2.13. The van der Waals surface area contributed by atoms with Crippen molar-refractivity contribution in [1.29, 1.82) is 0 Å². The third-order valence-electron chi connectivity index (χ3n) is 3.57. The Balaban J connectivity index is 2.11.